The quantitative estimate of drug-likeness (QED) is 0.777. The van der Waals surface area contributed by atoms with Crippen LogP contribution < -0.4 is 11.1 Å². The molecule has 3 N–H and O–H groups in total. The average Bonchev–Trinajstić information content (AvgIpc) is 2.20. The second-order valence-corrected chi connectivity index (χ2v) is 4.49. The Morgan fingerprint density at radius 3 is 3.00 bits per heavy atom. The van der Waals surface area contributed by atoms with Crippen LogP contribution in [-0.2, 0) is 0 Å². The van der Waals surface area contributed by atoms with Crippen molar-refractivity contribution in [1.29, 1.82) is 0 Å². The number of hydrogen-bond donors (Lipinski definition) is 2. The molecule has 1 aromatic rings. The third-order valence-corrected chi connectivity index (χ3v) is 3.07. The van der Waals surface area contributed by atoms with E-state index in [4.69, 9.17) is 17.3 Å². The Balaban J connectivity index is 2.63. The van der Waals surface area contributed by atoms with Crippen LogP contribution in [-0.4, -0.2) is 28.0 Å². The van der Waals surface area contributed by atoms with Gasteiger partial charge in [0.05, 0.1) is 0 Å². The summed E-state index contributed by atoms with van der Waals surface area (Å²) in [6.45, 7) is 2.93. The minimum Gasteiger partial charge on any atom is -0.393 e. The van der Waals surface area contributed by atoms with E-state index in [1.807, 2.05) is 0 Å². The molecule has 4 nitrogen and oxygen atoms in total. The lowest BCUT2D eigenvalue weighted by atomic mass is 10.4. The standard InChI is InChI=1S/C8H13ClN4S/c1-5(14-2)3-11-8-6(10)7(9)12-4-13-8/h4-5H,3,10H2,1-2H3,(H,11,12,13). The van der Waals surface area contributed by atoms with Crippen molar-refractivity contribution in [2.24, 2.45) is 0 Å². The fraction of sp³-hybridized carbons (Fsp3) is 0.500. The number of nitrogens with one attached hydrogen (secondary N) is 1. The molecule has 1 heterocycles. The SMILES string of the molecule is CSC(C)CNc1ncnc(Cl)c1N. The third-order valence-electron chi connectivity index (χ3n) is 1.79. The average molecular weight is 233 g/mol. The molecule has 0 radical (unpaired) electrons. The summed E-state index contributed by atoms with van der Waals surface area (Å²) in [5.74, 6) is 0.603. The molecule has 0 fully saturated rings. The van der Waals surface area contributed by atoms with E-state index < -0.39 is 0 Å². The van der Waals surface area contributed by atoms with Gasteiger partial charge in [-0.3, -0.25) is 0 Å². The molecule has 1 aromatic heterocycles. The molecule has 14 heavy (non-hydrogen) atoms. The highest BCUT2D eigenvalue weighted by atomic mass is 35.5. The number of nitrogen functional groups attached to an aromatic ring is 1. The van der Waals surface area contributed by atoms with Crippen LogP contribution in [0.1, 0.15) is 6.92 Å². The molecule has 0 bridgehead atoms. The van der Waals surface area contributed by atoms with E-state index in [0.29, 0.717) is 21.9 Å². The predicted molar refractivity (Wildman–Crippen MR) is 62.9 cm³/mol. The Labute approximate surface area is 92.6 Å². The van der Waals surface area contributed by atoms with E-state index >= 15 is 0 Å². The smallest absolute Gasteiger partial charge is 0.157 e. The highest BCUT2D eigenvalue weighted by Gasteiger charge is 2.06. The lowest BCUT2D eigenvalue weighted by molar-refractivity contribution is 0.987. The number of nitrogens with two attached hydrogens (primary N) is 1. The van der Waals surface area contributed by atoms with E-state index in [-0.39, 0.29) is 0 Å². The molecule has 1 unspecified atom stereocenters. The first-order chi connectivity index (χ1) is 6.65. The van der Waals surface area contributed by atoms with Gasteiger partial charge in [-0.2, -0.15) is 11.8 Å². The van der Waals surface area contributed by atoms with Gasteiger partial charge in [0.25, 0.3) is 0 Å². The van der Waals surface area contributed by atoms with Crippen LogP contribution in [0.25, 0.3) is 0 Å². The van der Waals surface area contributed by atoms with Gasteiger partial charge in [-0.1, -0.05) is 18.5 Å². The van der Waals surface area contributed by atoms with Crippen molar-refractivity contribution in [3.63, 3.8) is 0 Å². The molecular weight excluding hydrogens is 220 g/mol. The normalized spacial score (nSPS) is 12.5. The molecule has 78 valence electrons. The molecule has 0 spiro atoms. The second-order valence-electron chi connectivity index (χ2n) is 2.85. The predicted octanol–water partition coefficient (Wildman–Crippen LogP) is 1.88. The zero-order valence-electron chi connectivity index (χ0n) is 8.12. The molecule has 0 saturated heterocycles. The number of nitrogens with zero attached hydrogens (tertiary/aromatic N) is 2. The summed E-state index contributed by atoms with van der Waals surface area (Å²) in [5.41, 5.74) is 6.09. The zero-order valence-corrected chi connectivity index (χ0v) is 9.69. The van der Waals surface area contributed by atoms with Crippen LogP contribution in [0.15, 0.2) is 6.33 Å². The van der Waals surface area contributed by atoms with Gasteiger partial charge in [0.1, 0.15) is 12.0 Å². The van der Waals surface area contributed by atoms with Crippen molar-refractivity contribution in [2.75, 3.05) is 23.9 Å². The maximum Gasteiger partial charge on any atom is 0.157 e. The number of hydrogen-bond acceptors (Lipinski definition) is 5. The van der Waals surface area contributed by atoms with Crippen molar-refractivity contribution in [1.82, 2.24) is 9.97 Å². The van der Waals surface area contributed by atoms with Crippen LogP contribution in [0.2, 0.25) is 5.15 Å². The van der Waals surface area contributed by atoms with Crippen LogP contribution in [0.4, 0.5) is 11.5 Å². The minimum absolute atomic E-state index is 0.291. The molecule has 1 atom stereocenters. The summed E-state index contributed by atoms with van der Waals surface area (Å²) >= 11 is 7.52. The maximum absolute atomic E-state index is 5.74. The van der Waals surface area contributed by atoms with Gasteiger partial charge in [0.15, 0.2) is 11.0 Å². The second kappa shape index (κ2) is 5.26. The first-order valence-corrected chi connectivity index (χ1v) is 5.84. The van der Waals surface area contributed by atoms with Gasteiger partial charge >= 0.3 is 0 Å². The summed E-state index contributed by atoms with van der Waals surface area (Å²) in [6, 6.07) is 0. The monoisotopic (exact) mass is 232 g/mol. The fourth-order valence-electron chi connectivity index (χ4n) is 0.839. The highest BCUT2D eigenvalue weighted by molar-refractivity contribution is 7.99. The maximum atomic E-state index is 5.74. The van der Waals surface area contributed by atoms with Crippen molar-refractivity contribution in [3.05, 3.63) is 11.5 Å². The lowest BCUT2D eigenvalue weighted by Crippen LogP contribution is -2.15. The zero-order chi connectivity index (χ0) is 10.6. The van der Waals surface area contributed by atoms with Gasteiger partial charge < -0.3 is 11.1 Å². The first kappa shape index (κ1) is 11.4. The molecule has 0 amide bonds. The van der Waals surface area contributed by atoms with E-state index in [1.165, 1.54) is 6.33 Å². The van der Waals surface area contributed by atoms with Crippen molar-refractivity contribution in [3.8, 4) is 0 Å². The number of halogens is 1. The Bertz CT molecular complexity index is 307. The number of thioether (sulfide) groups is 1. The summed E-state index contributed by atoms with van der Waals surface area (Å²) in [7, 11) is 0. The van der Waals surface area contributed by atoms with Gasteiger partial charge in [-0.25, -0.2) is 9.97 Å². The topological polar surface area (TPSA) is 63.8 Å². The number of rotatable bonds is 4. The van der Waals surface area contributed by atoms with Crippen LogP contribution in [0.3, 0.4) is 0 Å². The largest absolute Gasteiger partial charge is 0.393 e. The Hall–Kier alpha value is -0.680. The summed E-state index contributed by atoms with van der Waals surface area (Å²) in [5, 5.41) is 3.92. The van der Waals surface area contributed by atoms with E-state index in [9.17, 15) is 0 Å². The Morgan fingerprint density at radius 2 is 2.36 bits per heavy atom. The van der Waals surface area contributed by atoms with E-state index in [1.54, 1.807) is 11.8 Å². The van der Waals surface area contributed by atoms with Crippen LogP contribution >= 0.6 is 23.4 Å². The Kier molecular flexibility index (Phi) is 4.28. The molecule has 0 aliphatic rings. The molecular formula is C8H13ClN4S. The van der Waals surface area contributed by atoms with Crippen molar-refractivity contribution >= 4 is 34.9 Å². The summed E-state index contributed by atoms with van der Waals surface area (Å²) in [4.78, 5) is 7.78. The third kappa shape index (κ3) is 2.92. The number of anilines is 2. The molecule has 0 aliphatic carbocycles. The first-order valence-electron chi connectivity index (χ1n) is 4.17. The van der Waals surface area contributed by atoms with Crippen molar-refractivity contribution < 1.29 is 0 Å². The van der Waals surface area contributed by atoms with E-state index in [0.717, 1.165) is 6.54 Å². The van der Waals surface area contributed by atoms with Gasteiger partial charge in [-0.15, -0.1) is 0 Å². The summed E-state index contributed by atoms with van der Waals surface area (Å²) < 4.78 is 0. The van der Waals surface area contributed by atoms with Gasteiger partial charge in [0.2, 0.25) is 0 Å². The molecule has 0 aliphatic heterocycles. The van der Waals surface area contributed by atoms with Crippen molar-refractivity contribution in [2.45, 2.75) is 12.2 Å². The number of aromatic nitrogens is 2. The minimum atomic E-state index is 0.291. The highest BCUT2D eigenvalue weighted by Crippen LogP contribution is 2.22. The van der Waals surface area contributed by atoms with E-state index in [2.05, 4.69) is 28.5 Å². The Morgan fingerprint density at radius 1 is 1.64 bits per heavy atom. The van der Waals surface area contributed by atoms with Gasteiger partial charge in [0, 0.05) is 11.8 Å². The molecule has 1 rings (SSSR count). The molecule has 0 saturated carbocycles. The van der Waals surface area contributed by atoms with Gasteiger partial charge in [-0.05, 0) is 6.26 Å². The fourth-order valence-corrected chi connectivity index (χ4v) is 1.22. The summed E-state index contributed by atoms with van der Waals surface area (Å²) in [6.07, 6.45) is 3.45. The van der Waals surface area contributed by atoms with Crippen LogP contribution in [0, 0.1) is 0 Å². The molecule has 6 heteroatoms. The van der Waals surface area contributed by atoms with Crippen LogP contribution in [0.5, 0.6) is 0 Å². The lowest BCUT2D eigenvalue weighted by Gasteiger charge is -2.11. The molecule has 0 aromatic carbocycles.